The molecule has 0 radical (unpaired) electrons. The normalized spacial score (nSPS) is 12.5. The minimum absolute atomic E-state index is 0.263. The number of halogens is 2. The Morgan fingerprint density at radius 1 is 1.39 bits per heavy atom. The van der Waals surface area contributed by atoms with E-state index in [9.17, 15) is 9.50 Å². The lowest BCUT2D eigenvalue weighted by molar-refractivity contribution is 0.197. The summed E-state index contributed by atoms with van der Waals surface area (Å²) in [7, 11) is 0. The van der Waals surface area contributed by atoms with Crippen LogP contribution in [0.2, 0.25) is 5.02 Å². The largest absolute Gasteiger partial charge is 0.389 e. The molecule has 0 saturated carbocycles. The van der Waals surface area contributed by atoms with E-state index >= 15 is 0 Å². The van der Waals surface area contributed by atoms with Gasteiger partial charge in [0.1, 0.15) is 5.82 Å². The Labute approximate surface area is 109 Å². The fraction of sp³-hybridized carbons (Fsp3) is 0.231. The quantitative estimate of drug-likeness (QED) is 0.907. The second-order valence-corrected chi connectivity index (χ2v) is 4.44. The van der Waals surface area contributed by atoms with Gasteiger partial charge in [0.05, 0.1) is 11.1 Å². The van der Waals surface area contributed by atoms with Gasteiger partial charge in [-0.3, -0.25) is 0 Å². The second-order valence-electron chi connectivity index (χ2n) is 4.03. The molecule has 1 unspecified atom stereocenters. The highest BCUT2D eigenvalue weighted by atomic mass is 35.5. The molecule has 0 aliphatic carbocycles. The molecular weight excluding hydrogens is 255 g/mol. The number of aryl methyl sites for hydroxylation is 1. The number of rotatable bonds is 2. The Kier molecular flexibility index (Phi) is 3.59. The van der Waals surface area contributed by atoms with Crippen molar-refractivity contribution in [1.29, 1.82) is 0 Å². The Balaban J connectivity index is 2.49. The van der Waals surface area contributed by atoms with Gasteiger partial charge in [-0.25, -0.2) is 14.4 Å². The van der Waals surface area contributed by atoms with Crippen LogP contribution >= 0.6 is 11.6 Å². The van der Waals surface area contributed by atoms with Gasteiger partial charge in [0.25, 0.3) is 0 Å². The maximum absolute atomic E-state index is 13.0. The number of aliphatic hydroxyl groups excluding tert-OH is 1. The maximum atomic E-state index is 13.0. The molecular formula is C13H12ClFN2O. The predicted molar refractivity (Wildman–Crippen MR) is 67.8 cm³/mol. The van der Waals surface area contributed by atoms with Gasteiger partial charge < -0.3 is 5.11 Å². The number of aliphatic hydroxyl groups is 1. The highest BCUT2D eigenvalue weighted by Crippen LogP contribution is 2.27. The van der Waals surface area contributed by atoms with Crippen molar-refractivity contribution in [2.24, 2.45) is 0 Å². The molecule has 18 heavy (non-hydrogen) atoms. The molecule has 0 spiro atoms. The molecule has 0 bridgehead atoms. The van der Waals surface area contributed by atoms with Crippen LogP contribution in [-0.4, -0.2) is 15.1 Å². The summed E-state index contributed by atoms with van der Waals surface area (Å²) in [6, 6.07) is 4.06. The fourth-order valence-corrected chi connectivity index (χ4v) is 1.94. The monoisotopic (exact) mass is 266 g/mol. The van der Waals surface area contributed by atoms with Crippen LogP contribution in [0.3, 0.4) is 0 Å². The first-order valence-electron chi connectivity index (χ1n) is 5.46. The van der Waals surface area contributed by atoms with Crippen LogP contribution in [0, 0.1) is 12.7 Å². The van der Waals surface area contributed by atoms with Crippen LogP contribution in [-0.2, 0) is 0 Å². The lowest BCUT2D eigenvalue weighted by atomic mass is 10.1. The van der Waals surface area contributed by atoms with Crippen molar-refractivity contribution < 1.29 is 9.50 Å². The van der Waals surface area contributed by atoms with Crippen molar-refractivity contribution in [1.82, 2.24) is 9.97 Å². The Hall–Kier alpha value is -1.52. The topological polar surface area (TPSA) is 46.0 Å². The lowest BCUT2D eigenvalue weighted by Crippen LogP contribution is -2.01. The number of aromatic nitrogens is 2. The van der Waals surface area contributed by atoms with Crippen LogP contribution in [0.25, 0.3) is 11.4 Å². The van der Waals surface area contributed by atoms with Crippen molar-refractivity contribution in [3.63, 3.8) is 0 Å². The predicted octanol–water partition coefficient (Wildman–Crippen LogP) is 3.30. The molecule has 0 saturated heterocycles. The van der Waals surface area contributed by atoms with E-state index in [-0.39, 0.29) is 5.02 Å². The molecule has 3 nitrogen and oxygen atoms in total. The van der Waals surface area contributed by atoms with Gasteiger partial charge in [0.2, 0.25) is 0 Å². The Morgan fingerprint density at radius 3 is 2.67 bits per heavy atom. The Morgan fingerprint density at radius 2 is 2.11 bits per heavy atom. The van der Waals surface area contributed by atoms with Crippen molar-refractivity contribution in [3.05, 3.63) is 46.5 Å². The third-order valence-electron chi connectivity index (χ3n) is 2.64. The molecule has 5 heteroatoms. The number of nitrogens with zero attached hydrogens (tertiary/aromatic N) is 2. The molecule has 0 aliphatic heterocycles. The lowest BCUT2D eigenvalue weighted by Gasteiger charge is -2.09. The summed E-state index contributed by atoms with van der Waals surface area (Å²) < 4.78 is 13.0. The van der Waals surface area contributed by atoms with Crippen LogP contribution in [0.15, 0.2) is 24.4 Å². The van der Waals surface area contributed by atoms with Crippen LogP contribution in [0.4, 0.5) is 4.39 Å². The summed E-state index contributed by atoms with van der Waals surface area (Å²) in [5, 5.41) is 9.76. The van der Waals surface area contributed by atoms with Crippen LogP contribution in [0.5, 0.6) is 0 Å². The summed E-state index contributed by atoms with van der Waals surface area (Å²) in [6.07, 6.45) is 0.935. The molecule has 1 aromatic carbocycles. The SMILES string of the molecule is Cc1nc(-c2ccc(F)cc2Cl)ncc1C(C)O. The van der Waals surface area contributed by atoms with Gasteiger partial charge in [-0.1, -0.05) is 11.6 Å². The average Bonchev–Trinajstić information content (AvgIpc) is 2.28. The third kappa shape index (κ3) is 2.49. The van der Waals surface area contributed by atoms with Crippen LogP contribution in [0.1, 0.15) is 24.3 Å². The average molecular weight is 267 g/mol. The van der Waals surface area contributed by atoms with Crippen LogP contribution < -0.4 is 0 Å². The zero-order valence-corrected chi connectivity index (χ0v) is 10.7. The van der Waals surface area contributed by atoms with Crippen molar-refractivity contribution >= 4 is 11.6 Å². The zero-order valence-electron chi connectivity index (χ0n) is 9.98. The van der Waals surface area contributed by atoms with Gasteiger partial charge in [-0.15, -0.1) is 0 Å². The van der Waals surface area contributed by atoms with E-state index in [2.05, 4.69) is 9.97 Å². The minimum atomic E-state index is -0.622. The smallest absolute Gasteiger partial charge is 0.160 e. The second kappa shape index (κ2) is 5.00. The molecule has 1 N–H and O–H groups in total. The maximum Gasteiger partial charge on any atom is 0.160 e. The number of hydrogen-bond donors (Lipinski definition) is 1. The minimum Gasteiger partial charge on any atom is -0.389 e. The third-order valence-corrected chi connectivity index (χ3v) is 2.95. The summed E-state index contributed by atoms with van der Waals surface area (Å²) >= 11 is 5.95. The summed E-state index contributed by atoms with van der Waals surface area (Å²) in [6.45, 7) is 3.43. The van der Waals surface area contributed by atoms with E-state index in [1.54, 1.807) is 20.0 Å². The molecule has 1 heterocycles. The first-order chi connectivity index (χ1) is 8.49. The number of hydrogen-bond acceptors (Lipinski definition) is 3. The molecule has 0 aliphatic rings. The van der Waals surface area contributed by atoms with Gasteiger partial charge in [0, 0.05) is 23.0 Å². The zero-order chi connectivity index (χ0) is 13.3. The van der Waals surface area contributed by atoms with E-state index < -0.39 is 11.9 Å². The molecule has 0 fully saturated rings. The highest BCUT2D eigenvalue weighted by Gasteiger charge is 2.11. The highest BCUT2D eigenvalue weighted by molar-refractivity contribution is 6.33. The summed E-state index contributed by atoms with van der Waals surface area (Å²) in [5.41, 5.74) is 1.91. The Bertz CT molecular complexity index is 587. The molecule has 1 aromatic heterocycles. The standard InChI is InChI=1S/C13H12ClFN2O/c1-7-11(8(2)18)6-16-13(17-7)10-4-3-9(15)5-12(10)14/h3-6,8,18H,1-2H3. The van der Waals surface area contributed by atoms with Crippen molar-refractivity contribution in [2.45, 2.75) is 20.0 Å². The van der Waals surface area contributed by atoms with E-state index in [1.807, 2.05) is 0 Å². The summed E-state index contributed by atoms with van der Waals surface area (Å²) in [4.78, 5) is 8.42. The van der Waals surface area contributed by atoms with Gasteiger partial charge in [0.15, 0.2) is 5.82 Å². The van der Waals surface area contributed by atoms with Crippen molar-refractivity contribution in [3.8, 4) is 11.4 Å². The molecule has 2 rings (SSSR count). The van der Waals surface area contributed by atoms with Gasteiger partial charge in [-0.05, 0) is 32.0 Å². The summed E-state index contributed by atoms with van der Waals surface area (Å²) in [5.74, 6) is 0.0166. The molecule has 94 valence electrons. The number of benzene rings is 1. The van der Waals surface area contributed by atoms with Gasteiger partial charge in [-0.2, -0.15) is 0 Å². The molecule has 0 amide bonds. The first kappa shape index (κ1) is 12.9. The first-order valence-corrected chi connectivity index (χ1v) is 5.84. The van der Waals surface area contributed by atoms with E-state index in [0.717, 1.165) is 0 Å². The molecule has 1 atom stereocenters. The van der Waals surface area contributed by atoms with E-state index in [4.69, 9.17) is 11.6 Å². The van der Waals surface area contributed by atoms with E-state index in [0.29, 0.717) is 22.6 Å². The fourth-order valence-electron chi connectivity index (χ4n) is 1.69. The molecule has 2 aromatic rings. The van der Waals surface area contributed by atoms with Gasteiger partial charge >= 0.3 is 0 Å². The van der Waals surface area contributed by atoms with E-state index in [1.165, 1.54) is 18.2 Å². The van der Waals surface area contributed by atoms with Crippen molar-refractivity contribution in [2.75, 3.05) is 0 Å².